The summed E-state index contributed by atoms with van der Waals surface area (Å²) >= 11 is 0. The van der Waals surface area contributed by atoms with E-state index in [-0.39, 0.29) is 17.6 Å². The maximum Gasteiger partial charge on any atom is 0.358 e. The van der Waals surface area contributed by atoms with Crippen molar-refractivity contribution in [1.29, 1.82) is 0 Å². The van der Waals surface area contributed by atoms with E-state index in [0.717, 1.165) is 12.8 Å². The molecule has 100 valence electrons. The number of hydrogen-bond donors (Lipinski definition) is 2. The smallest absolute Gasteiger partial charge is 0.358 e. The van der Waals surface area contributed by atoms with Crippen molar-refractivity contribution >= 4 is 11.9 Å². The average molecular weight is 254 g/mol. The molecule has 0 radical (unpaired) electrons. The Morgan fingerprint density at radius 2 is 2.17 bits per heavy atom. The molecular formula is C11H18N4O3. The number of carbonyl (C=O) groups is 2. The predicted molar refractivity (Wildman–Crippen MR) is 64.2 cm³/mol. The molecule has 0 saturated heterocycles. The van der Waals surface area contributed by atoms with E-state index < -0.39 is 12.0 Å². The van der Waals surface area contributed by atoms with Crippen molar-refractivity contribution in [3.05, 3.63) is 11.9 Å². The van der Waals surface area contributed by atoms with Gasteiger partial charge in [-0.15, -0.1) is 5.10 Å². The molecule has 0 saturated carbocycles. The standard InChI is InChI=1S/C11H18N4O3/c1-4-5-7(2)12-10(16)8(3)15-6-9(11(17)18)13-14-15/h6-8H,4-5H2,1-3H3,(H,12,16)(H,17,18). The molecule has 0 bridgehead atoms. The molecular weight excluding hydrogens is 236 g/mol. The van der Waals surface area contributed by atoms with Crippen molar-refractivity contribution in [1.82, 2.24) is 20.3 Å². The Morgan fingerprint density at radius 1 is 1.50 bits per heavy atom. The van der Waals surface area contributed by atoms with Gasteiger partial charge in [0.2, 0.25) is 5.91 Å². The van der Waals surface area contributed by atoms with Crippen LogP contribution in [0.5, 0.6) is 0 Å². The Bertz CT molecular complexity index is 430. The van der Waals surface area contributed by atoms with Gasteiger partial charge in [0.1, 0.15) is 6.04 Å². The van der Waals surface area contributed by atoms with Crippen LogP contribution in [-0.4, -0.2) is 38.0 Å². The quantitative estimate of drug-likeness (QED) is 0.784. The van der Waals surface area contributed by atoms with Crippen LogP contribution >= 0.6 is 0 Å². The largest absolute Gasteiger partial charge is 0.476 e. The van der Waals surface area contributed by atoms with Crippen LogP contribution in [0.4, 0.5) is 0 Å². The SMILES string of the molecule is CCCC(C)NC(=O)C(C)n1cc(C(=O)O)nn1. The molecule has 2 atom stereocenters. The van der Waals surface area contributed by atoms with Gasteiger partial charge in [0.05, 0.1) is 6.20 Å². The number of aromatic carboxylic acids is 1. The van der Waals surface area contributed by atoms with E-state index in [9.17, 15) is 9.59 Å². The summed E-state index contributed by atoms with van der Waals surface area (Å²) < 4.78 is 1.25. The summed E-state index contributed by atoms with van der Waals surface area (Å²) in [6.45, 7) is 5.62. The molecule has 2 unspecified atom stereocenters. The Balaban J connectivity index is 2.65. The lowest BCUT2D eigenvalue weighted by atomic mass is 10.2. The van der Waals surface area contributed by atoms with E-state index in [1.165, 1.54) is 10.9 Å². The van der Waals surface area contributed by atoms with Crippen molar-refractivity contribution in [2.45, 2.75) is 45.7 Å². The van der Waals surface area contributed by atoms with Gasteiger partial charge in [0.25, 0.3) is 0 Å². The monoisotopic (exact) mass is 254 g/mol. The number of hydrogen-bond acceptors (Lipinski definition) is 4. The van der Waals surface area contributed by atoms with Gasteiger partial charge in [-0.2, -0.15) is 0 Å². The summed E-state index contributed by atoms with van der Waals surface area (Å²) in [5.74, 6) is -1.36. The number of aromatic nitrogens is 3. The number of carboxylic acids is 1. The van der Waals surface area contributed by atoms with Gasteiger partial charge in [-0.25, -0.2) is 9.48 Å². The van der Waals surface area contributed by atoms with Gasteiger partial charge >= 0.3 is 5.97 Å². The molecule has 7 heteroatoms. The molecule has 0 spiro atoms. The van der Waals surface area contributed by atoms with Gasteiger partial charge in [-0.1, -0.05) is 18.6 Å². The highest BCUT2D eigenvalue weighted by Gasteiger charge is 2.19. The third-order valence-electron chi connectivity index (χ3n) is 2.62. The van der Waals surface area contributed by atoms with Crippen molar-refractivity contribution in [3.8, 4) is 0 Å². The van der Waals surface area contributed by atoms with Crippen LogP contribution in [0.1, 0.15) is 50.1 Å². The Hall–Kier alpha value is -1.92. The van der Waals surface area contributed by atoms with E-state index in [1.807, 2.05) is 13.8 Å². The fourth-order valence-electron chi connectivity index (χ4n) is 1.55. The highest BCUT2D eigenvalue weighted by molar-refractivity contribution is 5.85. The molecule has 1 aromatic rings. The van der Waals surface area contributed by atoms with Crippen LogP contribution in [0.3, 0.4) is 0 Å². The summed E-state index contributed by atoms with van der Waals surface area (Å²) in [4.78, 5) is 22.5. The van der Waals surface area contributed by atoms with Gasteiger partial charge in [0.15, 0.2) is 5.69 Å². The number of carboxylic acid groups (broad SMARTS) is 1. The average Bonchev–Trinajstić information content (AvgIpc) is 2.77. The highest BCUT2D eigenvalue weighted by atomic mass is 16.4. The second-order valence-corrected chi connectivity index (χ2v) is 4.26. The fourth-order valence-corrected chi connectivity index (χ4v) is 1.55. The molecule has 1 heterocycles. The molecule has 2 N–H and O–H groups in total. The van der Waals surface area contributed by atoms with Crippen LogP contribution in [0.25, 0.3) is 0 Å². The van der Waals surface area contributed by atoms with Crippen LogP contribution in [0.15, 0.2) is 6.20 Å². The van der Waals surface area contributed by atoms with E-state index in [1.54, 1.807) is 6.92 Å². The topological polar surface area (TPSA) is 97.1 Å². The maximum atomic E-state index is 11.9. The molecule has 1 amide bonds. The highest BCUT2D eigenvalue weighted by Crippen LogP contribution is 2.06. The molecule has 18 heavy (non-hydrogen) atoms. The minimum Gasteiger partial charge on any atom is -0.476 e. The number of amides is 1. The minimum atomic E-state index is -1.16. The molecule has 0 aliphatic heterocycles. The van der Waals surface area contributed by atoms with Gasteiger partial charge in [-0.05, 0) is 20.3 Å². The van der Waals surface area contributed by atoms with Crippen molar-refractivity contribution < 1.29 is 14.7 Å². The van der Waals surface area contributed by atoms with Crippen LogP contribution in [-0.2, 0) is 4.79 Å². The van der Waals surface area contributed by atoms with Crippen LogP contribution in [0.2, 0.25) is 0 Å². The van der Waals surface area contributed by atoms with Gasteiger partial charge < -0.3 is 10.4 Å². The van der Waals surface area contributed by atoms with E-state index in [4.69, 9.17) is 5.11 Å². The summed E-state index contributed by atoms with van der Waals surface area (Å²) in [6.07, 6.45) is 3.13. The van der Waals surface area contributed by atoms with Crippen molar-refractivity contribution in [2.24, 2.45) is 0 Å². The Labute approximate surface area is 105 Å². The van der Waals surface area contributed by atoms with E-state index in [0.29, 0.717) is 0 Å². The normalized spacial score (nSPS) is 13.9. The first-order valence-electron chi connectivity index (χ1n) is 5.91. The van der Waals surface area contributed by atoms with E-state index >= 15 is 0 Å². The lowest BCUT2D eigenvalue weighted by Crippen LogP contribution is -2.37. The molecule has 1 aromatic heterocycles. The first kappa shape index (κ1) is 14.1. The lowest BCUT2D eigenvalue weighted by Gasteiger charge is -2.16. The second kappa shape index (κ2) is 6.13. The second-order valence-electron chi connectivity index (χ2n) is 4.26. The molecule has 0 aromatic carbocycles. The van der Waals surface area contributed by atoms with Crippen LogP contribution < -0.4 is 5.32 Å². The number of carbonyl (C=O) groups excluding carboxylic acids is 1. The van der Waals surface area contributed by atoms with Crippen LogP contribution in [0, 0.1) is 0 Å². The number of rotatable bonds is 6. The predicted octanol–water partition coefficient (Wildman–Crippen LogP) is 0.842. The summed E-state index contributed by atoms with van der Waals surface area (Å²) in [7, 11) is 0. The first-order valence-corrected chi connectivity index (χ1v) is 5.91. The zero-order valence-electron chi connectivity index (χ0n) is 10.8. The van der Waals surface area contributed by atoms with Gasteiger partial charge in [-0.3, -0.25) is 4.79 Å². The summed E-state index contributed by atoms with van der Waals surface area (Å²) in [5, 5.41) is 18.7. The van der Waals surface area contributed by atoms with Crippen molar-refractivity contribution in [3.63, 3.8) is 0 Å². The maximum absolute atomic E-state index is 11.9. The van der Waals surface area contributed by atoms with Gasteiger partial charge in [0, 0.05) is 6.04 Å². The number of nitrogens with one attached hydrogen (secondary N) is 1. The zero-order valence-corrected chi connectivity index (χ0v) is 10.8. The molecule has 0 aliphatic carbocycles. The zero-order chi connectivity index (χ0) is 13.7. The fraction of sp³-hybridized carbons (Fsp3) is 0.636. The molecule has 0 fully saturated rings. The molecule has 0 aliphatic rings. The number of nitrogens with zero attached hydrogens (tertiary/aromatic N) is 3. The third kappa shape index (κ3) is 3.54. The lowest BCUT2D eigenvalue weighted by molar-refractivity contribution is -0.124. The minimum absolute atomic E-state index is 0.0902. The molecule has 7 nitrogen and oxygen atoms in total. The third-order valence-corrected chi connectivity index (χ3v) is 2.62. The Morgan fingerprint density at radius 3 is 2.67 bits per heavy atom. The van der Waals surface area contributed by atoms with Crippen molar-refractivity contribution in [2.75, 3.05) is 0 Å². The summed E-state index contributed by atoms with van der Waals surface area (Å²) in [6, 6.07) is -0.489. The molecule has 1 rings (SSSR count). The first-order chi connectivity index (χ1) is 8.45. The van der Waals surface area contributed by atoms with E-state index in [2.05, 4.69) is 15.6 Å². The Kier molecular flexibility index (Phi) is 4.82. The summed E-state index contributed by atoms with van der Waals surface area (Å²) in [5.41, 5.74) is -0.170.